The lowest BCUT2D eigenvalue weighted by Gasteiger charge is -2.26. The zero-order valence-corrected chi connectivity index (χ0v) is 18.4. The molecule has 160 valence electrons. The molecule has 1 atom stereocenters. The van der Waals surface area contributed by atoms with Crippen molar-refractivity contribution in [2.45, 2.75) is 29.5 Å². The summed E-state index contributed by atoms with van der Waals surface area (Å²) in [6.45, 7) is 3.94. The van der Waals surface area contributed by atoms with Crippen molar-refractivity contribution in [1.29, 1.82) is 0 Å². The van der Waals surface area contributed by atoms with Crippen LogP contribution in [-0.4, -0.2) is 61.8 Å². The molecule has 3 rings (SSSR count). The van der Waals surface area contributed by atoms with Crippen LogP contribution >= 0.6 is 23.2 Å². The van der Waals surface area contributed by atoms with Crippen LogP contribution in [0.2, 0.25) is 0 Å². The van der Waals surface area contributed by atoms with Gasteiger partial charge in [-0.15, -0.1) is 23.2 Å². The summed E-state index contributed by atoms with van der Waals surface area (Å²) in [6, 6.07) is 4.58. The maximum Gasteiger partial charge on any atom is 0.315 e. The van der Waals surface area contributed by atoms with E-state index in [2.05, 4.69) is 5.32 Å². The van der Waals surface area contributed by atoms with Crippen molar-refractivity contribution in [2.24, 2.45) is 5.41 Å². The second-order valence-corrected chi connectivity index (χ2v) is 10.7. The first-order valence-corrected chi connectivity index (χ1v) is 11.2. The number of nitrogens with one attached hydrogen (secondary N) is 1. The summed E-state index contributed by atoms with van der Waals surface area (Å²) >= 11 is 11.8. The maximum absolute atomic E-state index is 12.9. The summed E-state index contributed by atoms with van der Waals surface area (Å²) in [5.41, 5.74) is -0.187. The molecule has 1 amide bonds. The molecule has 11 heteroatoms. The number of carbonyl (C=O) groups excluding carboxylic acids is 2. The summed E-state index contributed by atoms with van der Waals surface area (Å²) in [7, 11) is -3.71. The predicted octanol–water partition coefficient (Wildman–Crippen LogP) is 2.08. The zero-order chi connectivity index (χ0) is 21.4. The Morgan fingerprint density at radius 1 is 1.28 bits per heavy atom. The standard InChI is InChI=1S/C18H22Cl2N2O6S/c1-12-3-4-13(9-14(12)29(25,26)22-5-7-27-8-6-22)21-15(23)10-28-16(24)17(2)11-18(17,19)20/h3-4,9H,5-8,10-11H2,1-2H3,(H,21,23)/t17-/m0/s1. The van der Waals surface area contributed by atoms with Gasteiger partial charge in [-0.1, -0.05) is 6.07 Å². The molecule has 1 aliphatic heterocycles. The van der Waals surface area contributed by atoms with Gasteiger partial charge in [-0.25, -0.2) is 8.42 Å². The first-order valence-electron chi connectivity index (χ1n) is 9.01. The molecule has 1 saturated heterocycles. The molecule has 0 radical (unpaired) electrons. The Morgan fingerprint density at radius 2 is 1.90 bits per heavy atom. The molecule has 0 bridgehead atoms. The number of hydrogen-bond donors (Lipinski definition) is 1. The largest absolute Gasteiger partial charge is 0.455 e. The summed E-state index contributed by atoms with van der Waals surface area (Å²) in [5, 5.41) is 2.54. The van der Waals surface area contributed by atoms with E-state index in [1.165, 1.54) is 10.4 Å². The van der Waals surface area contributed by atoms with Crippen LogP contribution < -0.4 is 5.32 Å². The number of alkyl halides is 2. The van der Waals surface area contributed by atoms with E-state index in [1.807, 2.05) is 0 Å². The molecule has 1 aromatic carbocycles. The van der Waals surface area contributed by atoms with Gasteiger partial charge in [-0.05, 0) is 31.5 Å². The summed E-state index contributed by atoms with van der Waals surface area (Å²) in [4.78, 5) is 24.3. The molecule has 2 aliphatic rings. The highest BCUT2D eigenvalue weighted by atomic mass is 35.5. The van der Waals surface area contributed by atoms with Gasteiger partial charge in [0, 0.05) is 25.2 Å². The number of carbonyl (C=O) groups is 2. The maximum atomic E-state index is 12.9. The van der Waals surface area contributed by atoms with Crippen LogP contribution in [0.15, 0.2) is 23.1 Å². The van der Waals surface area contributed by atoms with Crippen molar-refractivity contribution in [3.63, 3.8) is 0 Å². The smallest absolute Gasteiger partial charge is 0.315 e. The molecule has 1 heterocycles. The quantitative estimate of drug-likeness (QED) is 0.510. The molecule has 8 nitrogen and oxygen atoms in total. The number of rotatable bonds is 6. The van der Waals surface area contributed by atoms with Gasteiger partial charge >= 0.3 is 5.97 Å². The van der Waals surface area contributed by atoms with Gasteiger partial charge in [0.2, 0.25) is 10.0 Å². The SMILES string of the molecule is Cc1ccc(NC(=O)COC(=O)[C@]2(C)CC2(Cl)Cl)cc1S(=O)(=O)N1CCOCC1. The molecule has 29 heavy (non-hydrogen) atoms. The van der Waals surface area contributed by atoms with Crippen molar-refractivity contribution in [3.8, 4) is 0 Å². The van der Waals surface area contributed by atoms with E-state index >= 15 is 0 Å². The van der Waals surface area contributed by atoms with Crippen LogP contribution in [0.1, 0.15) is 18.9 Å². The van der Waals surface area contributed by atoms with E-state index in [4.69, 9.17) is 32.7 Å². The van der Waals surface area contributed by atoms with Gasteiger partial charge in [0.15, 0.2) is 6.61 Å². The minimum Gasteiger partial charge on any atom is -0.455 e. The van der Waals surface area contributed by atoms with Gasteiger partial charge < -0.3 is 14.8 Å². The monoisotopic (exact) mass is 464 g/mol. The molecule has 2 fully saturated rings. The van der Waals surface area contributed by atoms with E-state index in [-0.39, 0.29) is 30.1 Å². The lowest BCUT2D eigenvalue weighted by atomic mass is 10.1. The van der Waals surface area contributed by atoms with Gasteiger partial charge in [0.25, 0.3) is 5.91 Å². The van der Waals surface area contributed by atoms with Crippen LogP contribution in [0.5, 0.6) is 0 Å². The van der Waals surface area contributed by atoms with Gasteiger partial charge in [-0.3, -0.25) is 9.59 Å². The number of anilines is 1. The molecular weight excluding hydrogens is 443 g/mol. The average Bonchev–Trinajstić information content (AvgIpc) is 3.21. The Balaban J connectivity index is 1.65. The van der Waals surface area contributed by atoms with Crippen LogP contribution in [0.3, 0.4) is 0 Å². The molecular formula is C18H22Cl2N2O6S. The second kappa shape index (κ2) is 8.03. The number of sulfonamides is 1. The third-order valence-corrected chi connectivity index (χ3v) is 8.24. The van der Waals surface area contributed by atoms with Crippen LogP contribution in [0, 0.1) is 12.3 Å². The fraction of sp³-hybridized carbons (Fsp3) is 0.556. The Bertz CT molecular complexity index is 930. The molecule has 1 N–H and O–H groups in total. The third kappa shape index (κ3) is 4.54. The Kier molecular flexibility index (Phi) is 6.18. The predicted molar refractivity (Wildman–Crippen MR) is 108 cm³/mol. The van der Waals surface area contributed by atoms with Crippen LogP contribution in [0.25, 0.3) is 0 Å². The minimum absolute atomic E-state index is 0.105. The number of nitrogens with zero attached hydrogens (tertiary/aromatic N) is 1. The van der Waals surface area contributed by atoms with Gasteiger partial charge in [-0.2, -0.15) is 4.31 Å². The van der Waals surface area contributed by atoms with Gasteiger partial charge in [0.1, 0.15) is 9.75 Å². The molecule has 0 aromatic heterocycles. The Labute approximate surface area is 179 Å². The lowest BCUT2D eigenvalue weighted by Crippen LogP contribution is -2.40. The highest BCUT2D eigenvalue weighted by Crippen LogP contribution is 2.64. The van der Waals surface area contributed by atoms with Crippen LogP contribution in [-0.2, 0) is 29.1 Å². The topological polar surface area (TPSA) is 102 Å². The summed E-state index contributed by atoms with van der Waals surface area (Å²) < 4.78 is 36.2. The minimum atomic E-state index is -3.71. The lowest BCUT2D eigenvalue weighted by molar-refractivity contribution is -0.152. The molecule has 0 spiro atoms. The van der Waals surface area contributed by atoms with Crippen molar-refractivity contribution in [1.82, 2.24) is 4.31 Å². The fourth-order valence-corrected chi connectivity index (χ4v) is 5.34. The number of amides is 1. The fourth-order valence-electron chi connectivity index (χ4n) is 2.99. The normalized spacial score (nSPS) is 24.0. The average molecular weight is 465 g/mol. The van der Waals surface area contributed by atoms with E-state index in [0.29, 0.717) is 18.8 Å². The molecule has 1 aliphatic carbocycles. The van der Waals surface area contributed by atoms with E-state index in [0.717, 1.165) is 0 Å². The highest BCUT2D eigenvalue weighted by molar-refractivity contribution is 7.89. The highest BCUT2D eigenvalue weighted by Gasteiger charge is 2.69. The van der Waals surface area contributed by atoms with Crippen molar-refractivity contribution >= 4 is 50.8 Å². The number of morpholine rings is 1. The Morgan fingerprint density at radius 3 is 2.48 bits per heavy atom. The number of esters is 1. The molecule has 1 saturated carbocycles. The first kappa shape index (κ1) is 22.3. The number of ether oxygens (including phenoxy) is 2. The number of hydrogen-bond acceptors (Lipinski definition) is 6. The molecule has 0 unspecified atom stereocenters. The first-order chi connectivity index (χ1) is 13.5. The van der Waals surface area contributed by atoms with E-state index in [1.54, 1.807) is 26.0 Å². The van der Waals surface area contributed by atoms with E-state index < -0.39 is 38.3 Å². The summed E-state index contributed by atoms with van der Waals surface area (Å²) in [6.07, 6.45) is 0.254. The van der Waals surface area contributed by atoms with Gasteiger partial charge in [0.05, 0.1) is 18.1 Å². The zero-order valence-electron chi connectivity index (χ0n) is 16.0. The van der Waals surface area contributed by atoms with Crippen molar-refractivity contribution in [3.05, 3.63) is 23.8 Å². The summed E-state index contributed by atoms with van der Waals surface area (Å²) in [5.74, 6) is -1.26. The second-order valence-electron chi connectivity index (χ2n) is 7.33. The number of aryl methyl sites for hydroxylation is 1. The Hall–Kier alpha value is -1.39. The molecule has 1 aromatic rings. The number of benzene rings is 1. The number of halogens is 2. The van der Waals surface area contributed by atoms with E-state index in [9.17, 15) is 18.0 Å². The van der Waals surface area contributed by atoms with Crippen molar-refractivity contribution < 1.29 is 27.5 Å². The third-order valence-electron chi connectivity index (χ3n) is 5.10. The van der Waals surface area contributed by atoms with Crippen LogP contribution in [0.4, 0.5) is 5.69 Å². The van der Waals surface area contributed by atoms with Crippen molar-refractivity contribution in [2.75, 3.05) is 38.2 Å².